The van der Waals surface area contributed by atoms with E-state index in [1.807, 2.05) is 6.07 Å². The van der Waals surface area contributed by atoms with Gasteiger partial charge in [-0.15, -0.1) is 0 Å². The Morgan fingerprint density at radius 2 is 2.14 bits per heavy atom. The van der Waals surface area contributed by atoms with Gasteiger partial charge in [-0.1, -0.05) is 17.7 Å². The van der Waals surface area contributed by atoms with Gasteiger partial charge in [0.15, 0.2) is 0 Å². The van der Waals surface area contributed by atoms with Crippen LogP contribution < -0.4 is 5.73 Å². The molecule has 0 spiro atoms. The Labute approximate surface area is 124 Å². The van der Waals surface area contributed by atoms with Crippen molar-refractivity contribution in [2.24, 2.45) is 5.73 Å². The van der Waals surface area contributed by atoms with Crippen molar-refractivity contribution in [3.05, 3.63) is 53.1 Å². The number of aromatic nitrogens is 2. The molecule has 6 heteroatoms. The number of rotatable bonds is 3. The number of carbonyl (C=O) groups is 1. The number of pyridine rings is 1. The zero-order chi connectivity index (χ0) is 15.0. The summed E-state index contributed by atoms with van der Waals surface area (Å²) in [6, 6.07) is 6.36. The molecule has 0 unspecified atom stereocenters. The molecule has 2 aromatic heterocycles. The third kappa shape index (κ3) is 2.60. The molecule has 1 aromatic carbocycles. The van der Waals surface area contributed by atoms with Gasteiger partial charge in [0.25, 0.3) is 0 Å². The lowest BCUT2D eigenvalue weighted by atomic mass is 10.0. The molecule has 0 saturated heterocycles. The molecule has 0 aliphatic carbocycles. The third-order valence-electron chi connectivity index (χ3n) is 3.23. The van der Waals surface area contributed by atoms with Gasteiger partial charge >= 0.3 is 0 Å². The number of carbonyl (C=O) groups excluding carboxylic acids is 1. The first-order valence-corrected chi connectivity index (χ1v) is 6.62. The van der Waals surface area contributed by atoms with Crippen LogP contribution in [0.15, 0.2) is 36.7 Å². The first-order valence-electron chi connectivity index (χ1n) is 6.24. The normalized spacial score (nSPS) is 11.0. The van der Waals surface area contributed by atoms with E-state index >= 15 is 0 Å². The number of nitrogens with one attached hydrogen (secondary N) is 1. The van der Waals surface area contributed by atoms with Crippen LogP contribution in [0.3, 0.4) is 0 Å². The Hall–Kier alpha value is -2.40. The minimum absolute atomic E-state index is 0.0547. The standard InChI is InChI=1S/C15H11ClFN3O/c16-12-4-8(1-2-13(12)17)9-3-11-10(5-14(18)21)7-20-15(11)19-6-9/h1-4,6-7H,5H2,(H2,18,21)(H,19,20). The van der Waals surface area contributed by atoms with Gasteiger partial charge in [-0.3, -0.25) is 4.79 Å². The van der Waals surface area contributed by atoms with Crippen molar-refractivity contribution in [1.82, 2.24) is 9.97 Å². The van der Waals surface area contributed by atoms with E-state index < -0.39 is 11.7 Å². The highest BCUT2D eigenvalue weighted by atomic mass is 35.5. The Morgan fingerprint density at radius 1 is 1.33 bits per heavy atom. The van der Waals surface area contributed by atoms with Crippen molar-refractivity contribution >= 4 is 28.5 Å². The number of nitrogens with zero attached hydrogens (tertiary/aromatic N) is 1. The second-order valence-electron chi connectivity index (χ2n) is 4.71. The zero-order valence-corrected chi connectivity index (χ0v) is 11.6. The summed E-state index contributed by atoms with van der Waals surface area (Å²) < 4.78 is 13.2. The monoisotopic (exact) mass is 303 g/mol. The molecule has 3 rings (SSSR count). The number of primary amides is 1. The number of amides is 1. The first kappa shape index (κ1) is 13.6. The molecule has 106 valence electrons. The third-order valence-corrected chi connectivity index (χ3v) is 3.52. The summed E-state index contributed by atoms with van der Waals surface area (Å²) in [6.45, 7) is 0. The van der Waals surface area contributed by atoms with E-state index in [9.17, 15) is 9.18 Å². The maximum atomic E-state index is 13.2. The minimum atomic E-state index is -0.467. The largest absolute Gasteiger partial charge is 0.369 e. The lowest BCUT2D eigenvalue weighted by Gasteiger charge is -2.04. The Kier molecular flexibility index (Phi) is 3.35. The van der Waals surface area contributed by atoms with Crippen molar-refractivity contribution in [3.8, 4) is 11.1 Å². The van der Waals surface area contributed by atoms with Gasteiger partial charge in [0.05, 0.1) is 11.4 Å². The summed E-state index contributed by atoms with van der Waals surface area (Å²) in [5.41, 5.74) is 8.21. The van der Waals surface area contributed by atoms with Gasteiger partial charge in [0.1, 0.15) is 11.5 Å². The van der Waals surface area contributed by atoms with Crippen molar-refractivity contribution < 1.29 is 9.18 Å². The quantitative estimate of drug-likeness (QED) is 0.780. The Balaban J connectivity index is 2.10. The predicted molar refractivity (Wildman–Crippen MR) is 79.4 cm³/mol. The minimum Gasteiger partial charge on any atom is -0.369 e. The van der Waals surface area contributed by atoms with Crippen LogP contribution in [0.25, 0.3) is 22.2 Å². The van der Waals surface area contributed by atoms with E-state index in [0.29, 0.717) is 5.65 Å². The fourth-order valence-electron chi connectivity index (χ4n) is 2.23. The summed E-state index contributed by atoms with van der Waals surface area (Å²) in [7, 11) is 0. The number of nitrogens with two attached hydrogens (primary N) is 1. The lowest BCUT2D eigenvalue weighted by Crippen LogP contribution is -2.13. The molecule has 2 heterocycles. The highest BCUT2D eigenvalue weighted by molar-refractivity contribution is 6.31. The topological polar surface area (TPSA) is 71.8 Å². The average molecular weight is 304 g/mol. The second-order valence-corrected chi connectivity index (χ2v) is 5.11. The number of halogens is 2. The van der Waals surface area contributed by atoms with E-state index in [2.05, 4.69) is 9.97 Å². The highest BCUT2D eigenvalue weighted by Gasteiger charge is 2.10. The molecule has 0 aliphatic heterocycles. The van der Waals surface area contributed by atoms with Crippen LogP contribution in [0.5, 0.6) is 0 Å². The fourth-order valence-corrected chi connectivity index (χ4v) is 2.41. The van der Waals surface area contributed by atoms with Crippen LogP contribution in [0.4, 0.5) is 4.39 Å². The highest BCUT2D eigenvalue weighted by Crippen LogP contribution is 2.27. The molecule has 3 aromatic rings. The molecule has 0 bridgehead atoms. The maximum Gasteiger partial charge on any atom is 0.221 e. The summed E-state index contributed by atoms with van der Waals surface area (Å²) in [5, 5.41) is 0.866. The van der Waals surface area contributed by atoms with Gasteiger partial charge in [-0.05, 0) is 29.3 Å². The van der Waals surface area contributed by atoms with Crippen molar-refractivity contribution in [1.29, 1.82) is 0 Å². The number of aromatic amines is 1. The first-order chi connectivity index (χ1) is 10.0. The van der Waals surface area contributed by atoms with Gasteiger partial charge in [-0.2, -0.15) is 0 Å². The smallest absolute Gasteiger partial charge is 0.221 e. The van der Waals surface area contributed by atoms with Gasteiger partial charge in [0, 0.05) is 23.3 Å². The maximum absolute atomic E-state index is 13.2. The number of hydrogen-bond acceptors (Lipinski definition) is 2. The SMILES string of the molecule is NC(=O)Cc1c[nH]c2ncc(-c3ccc(F)c(Cl)c3)cc12. The van der Waals surface area contributed by atoms with Crippen molar-refractivity contribution in [3.63, 3.8) is 0 Å². The molecule has 1 amide bonds. The van der Waals surface area contributed by atoms with Crippen LogP contribution >= 0.6 is 11.6 Å². The number of H-pyrrole nitrogens is 1. The van der Waals surface area contributed by atoms with Gasteiger partial charge in [0.2, 0.25) is 5.91 Å². The number of benzene rings is 1. The van der Waals surface area contributed by atoms with Crippen molar-refractivity contribution in [2.75, 3.05) is 0 Å². The van der Waals surface area contributed by atoms with Crippen LogP contribution in [0.1, 0.15) is 5.56 Å². The fraction of sp³-hybridized carbons (Fsp3) is 0.0667. The molecule has 0 radical (unpaired) electrons. The second kappa shape index (κ2) is 5.18. The van der Waals surface area contributed by atoms with E-state index in [4.69, 9.17) is 17.3 Å². The van der Waals surface area contributed by atoms with Crippen LogP contribution in [-0.4, -0.2) is 15.9 Å². The summed E-state index contributed by atoms with van der Waals surface area (Å²) in [5.74, 6) is -0.878. The van der Waals surface area contributed by atoms with E-state index in [1.54, 1.807) is 24.5 Å². The van der Waals surface area contributed by atoms with Crippen molar-refractivity contribution in [2.45, 2.75) is 6.42 Å². The summed E-state index contributed by atoms with van der Waals surface area (Å²) in [4.78, 5) is 18.4. The molecule has 0 saturated carbocycles. The molecule has 21 heavy (non-hydrogen) atoms. The Morgan fingerprint density at radius 3 is 2.86 bits per heavy atom. The zero-order valence-electron chi connectivity index (χ0n) is 10.9. The van der Waals surface area contributed by atoms with E-state index in [0.717, 1.165) is 22.1 Å². The molecule has 0 aliphatic rings. The molecule has 4 nitrogen and oxygen atoms in total. The average Bonchev–Trinajstić information content (AvgIpc) is 2.84. The van der Waals surface area contributed by atoms with Gasteiger partial charge < -0.3 is 10.7 Å². The molecule has 0 atom stereocenters. The van der Waals surface area contributed by atoms with Gasteiger partial charge in [-0.25, -0.2) is 9.37 Å². The molecular formula is C15H11ClFN3O. The molecular weight excluding hydrogens is 293 g/mol. The lowest BCUT2D eigenvalue weighted by molar-refractivity contribution is -0.117. The Bertz CT molecular complexity index is 844. The molecule has 0 fully saturated rings. The molecule has 3 N–H and O–H groups in total. The summed E-state index contributed by atoms with van der Waals surface area (Å²) >= 11 is 5.80. The van der Waals surface area contributed by atoms with Crippen LogP contribution in [-0.2, 0) is 11.2 Å². The van der Waals surface area contributed by atoms with E-state index in [-0.39, 0.29) is 11.4 Å². The van der Waals surface area contributed by atoms with Crippen LogP contribution in [0.2, 0.25) is 5.02 Å². The van der Waals surface area contributed by atoms with E-state index in [1.165, 1.54) is 6.07 Å². The van der Waals surface area contributed by atoms with Crippen LogP contribution in [0, 0.1) is 5.82 Å². The summed E-state index contributed by atoms with van der Waals surface area (Å²) in [6.07, 6.45) is 3.51. The number of hydrogen-bond donors (Lipinski definition) is 2. The predicted octanol–water partition coefficient (Wildman–Crippen LogP) is 3.05. The number of fused-ring (bicyclic) bond motifs is 1.